The van der Waals surface area contributed by atoms with Crippen LogP contribution in [0.15, 0.2) is 60.9 Å². The number of benzene rings is 2. The standard InChI is InChI=1S/C33H37F3N6O4/c1-20-12-13-22-23(9-5-11-25(22)39-18-27(43)33(34,35)36)28(20)45-29-24(10-6-15-37-29)26-14-16-38-30(41-26)40-21-8-7-17-42(19-21)31(44)46-32(2,3)4/h5-6,9-16,21,27,39,43H,7-8,17-19H2,1-4H3,(H,38,40,41)/t21-,27+/m1/s1. The van der Waals surface area contributed by atoms with Crippen molar-refractivity contribution in [1.82, 2.24) is 19.9 Å². The lowest BCUT2D eigenvalue weighted by molar-refractivity contribution is -0.198. The third-order valence-electron chi connectivity index (χ3n) is 7.38. The number of carbonyl (C=O) groups excluding carboxylic acids is 1. The number of hydrogen-bond acceptors (Lipinski definition) is 9. The lowest BCUT2D eigenvalue weighted by atomic mass is 10.0. The molecule has 2 atom stereocenters. The summed E-state index contributed by atoms with van der Waals surface area (Å²) in [4.78, 5) is 27.9. The number of amides is 1. The number of aryl methyl sites for hydroxylation is 1. The molecule has 0 unspecified atom stereocenters. The molecule has 0 bridgehead atoms. The topological polar surface area (TPSA) is 122 Å². The van der Waals surface area contributed by atoms with Gasteiger partial charge in [0, 0.05) is 54.5 Å². The number of nitrogens with zero attached hydrogens (tertiary/aromatic N) is 4. The number of aliphatic hydroxyl groups excluding tert-OH is 1. The number of likely N-dealkylation sites (tertiary alicyclic amines) is 1. The van der Waals surface area contributed by atoms with Gasteiger partial charge in [-0.3, -0.25) is 0 Å². The van der Waals surface area contributed by atoms with Crippen molar-refractivity contribution in [3.05, 3.63) is 66.5 Å². The summed E-state index contributed by atoms with van der Waals surface area (Å²) in [7, 11) is 0. The molecule has 244 valence electrons. The second kappa shape index (κ2) is 13.4. The van der Waals surface area contributed by atoms with E-state index in [9.17, 15) is 23.1 Å². The number of nitrogens with one attached hydrogen (secondary N) is 2. The number of anilines is 2. The van der Waals surface area contributed by atoms with Crippen LogP contribution in [-0.4, -0.2) is 74.6 Å². The number of halogens is 3. The molecule has 0 spiro atoms. The molecule has 46 heavy (non-hydrogen) atoms. The summed E-state index contributed by atoms with van der Waals surface area (Å²) in [5.74, 6) is 1.15. The molecule has 4 aromatic rings. The van der Waals surface area contributed by atoms with E-state index in [0.717, 1.165) is 18.4 Å². The van der Waals surface area contributed by atoms with E-state index in [-0.39, 0.29) is 18.0 Å². The molecule has 2 aromatic carbocycles. The fraction of sp³-hybridized carbons (Fsp3) is 0.394. The molecular weight excluding hydrogens is 601 g/mol. The van der Waals surface area contributed by atoms with Gasteiger partial charge in [0.25, 0.3) is 0 Å². The molecule has 1 fully saturated rings. The number of aliphatic hydroxyl groups is 1. The van der Waals surface area contributed by atoms with Gasteiger partial charge in [-0.1, -0.05) is 24.3 Å². The number of fused-ring (bicyclic) bond motifs is 1. The quantitative estimate of drug-likeness (QED) is 0.188. The molecule has 1 aliphatic rings. The number of hydrogen-bond donors (Lipinski definition) is 3. The highest BCUT2D eigenvalue weighted by Crippen LogP contribution is 2.39. The van der Waals surface area contributed by atoms with Crippen LogP contribution in [0.3, 0.4) is 0 Å². The first-order valence-corrected chi connectivity index (χ1v) is 15.0. The summed E-state index contributed by atoms with van der Waals surface area (Å²) < 4.78 is 50.6. The molecule has 10 nitrogen and oxygen atoms in total. The molecule has 1 saturated heterocycles. The zero-order chi connectivity index (χ0) is 33.1. The van der Waals surface area contributed by atoms with Crippen molar-refractivity contribution < 1.29 is 32.5 Å². The Morgan fingerprint density at radius 1 is 1.07 bits per heavy atom. The largest absolute Gasteiger partial charge is 0.444 e. The summed E-state index contributed by atoms with van der Waals surface area (Å²) in [5, 5.41) is 16.8. The van der Waals surface area contributed by atoms with E-state index in [1.54, 1.807) is 47.6 Å². The second-order valence-corrected chi connectivity index (χ2v) is 12.2. The highest BCUT2D eigenvalue weighted by molar-refractivity contribution is 5.98. The summed E-state index contributed by atoms with van der Waals surface area (Å²) in [6.07, 6.45) is -2.72. The minimum Gasteiger partial charge on any atom is -0.444 e. The van der Waals surface area contributed by atoms with Crippen LogP contribution in [0.1, 0.15) is 39.2 Å². The minimum atomic E-state index is -4.73. The maximum absolute atomic E-state index is 12.9. The Hall–Kier alpha value is -4.65. The zero-order valence-electron chi connectivity index (χ0n) is 26.1. The van der Waals surface area contributed by atoms with Gasteiger partial charge >= 0.3 is 12.3 Å². The minimum absolute atomic E-state index is 0.0699. The Balaban J connectivity index is 1.37. The highest BCUT2D eigenvalue weighted by atomic mass is 19.4. The first-order valence-electron chi connectivity index (χ1n) is 15.0. The van der Waals surface area contributed by atoms with E-state index in [0.29, 0.717) is 52.5 Å². The first kappa shape index (κ1) is 32.7. The average Bonchev–Trinajstić information content (AvgIpc) is 3.00. The Labute approximate surface area is 265 Å². The van der Waals surface area contributed by atoms with Crippen LogP contribution in [0.5, 0.6) is 11.6 Å². The zero-order valence-corrected chi connectivity index (χ0v) is 26.1. The Kier molecular flexibility index (Phi) is 9.52. The van der Waals surface area contributed by atoms with Crippen LogP contribution >= 0.6 is 0 Å². The molecule has 0 radical (unpaired) electrons. The van der Waals surface area contributed by atoms with Crippen molar-refractivity contribution >= 4 is 28.5 Å². The lowest BCUT2D eigenvalue weighted by Gasteiger charge is -2.34. The Bertz CT molecular complexity index is 1690. The molecule has 5 rings (SSSR count). The predicted octanol–water partition coefficient (Wildman–Crippen LogP) is 6.94. The van der Waals surface area contributed by atoms with E-state index in [1.807, 2.05) is 45.9 Å². The molecule has 3 heterocycles. The number of alkyl halides is 3. The fourth-order valence-electron chi connectivity index (χ4n) is 5.16. The van der Waals surface area contributed by atoms with Gasteiger partial charge < -0.3 is 30.1 Å². The van der Waals surface area contributed by atoms with Crippen LogP contribution in [0.2, 0.25) is 0 Å². The lowest BCUT2D eigenvalue weighted by Crippen LogP contribution is -2.47. The van der Waals surface area contributed by atoms with E-state index in [1.165, 1.54) is 0 Å². The number of carbonyl (C=O) groups is 1. The molecular formula is C33H37F3N6O4. The van der Waals surface area contributed by atoms with E-state index >= 15 is 0 Å². The Morgan fingerprint density at radius 2 is 1.87 bits per heavy atom. The van der Waals surface area contributed by atoms with E-state index < -0.39 is 24.4 Å². The van der Waals surface area contributed by atoms with Crippen molar-refractivity contribution in [2.45, 2.75) is 64.5 Å². The summed E-state index contributed by atoms with van der Waals surface area (Å²) in [6, 6.07) is 14.0. The van der Waals surface area contributed by atoms with Gasteiger partial charge in [0.2, 0.25) is 11.8 Å². The van der Waals surface area contributed by atoms with E-state index in [2.05, 4.69) is 20.6 Å². The molecule has 0 aliphatic carbocycles. The SMILES string of the molecule is Cc1ccc2c(NC[C@H](O)C(F)(F)F)cccc2c1Oc1ncccc1-c1ccnc(N[C@@H]2CCCN(C(=O)OC(C)(C)C)C2)n1. The van der Waals surface area contributed by atoms with Crippen molar-refractivity contribution in [2.24, 2.45) is 0 Å². The summed E-state index contributed by atoms with van der Waals surface area (Å²) in [5.41, 5.74) is 1.79. The van der Waals surface area contributed by atoms with Gasteiger partial charge in [-0.05, 0) is 70.4 Å². The average molecular weight is 639 g/mol. The molecule has 2 aromatic heterocycles. The summed E-state index contributed by atoms with van der Waals surface area (Å²) >= 11 is 0. The monoisotopic (exact) mass is 638 g/mol. The number of pyridine rings is 1. The van der Waals surface area contributed by atoms with Gasteiger partial charge in [0.05, 0.1) is 11.3 Å². The van der Waals surface area contributed by atoms with Crippen LogP contribution < -0.4 is 15.4 Å². The highest BCUT2D eigenvalue weighted by Gasteiger charge is 2.38. The second-order valence-electron chi connectivity index (χ2n) is 12.2. The number of aromatic nitrogens is 3. The van der Waals surface area contributed by atoms with Crippen molar-refractivity contribution in [2.75, 3.05) is 30.3 Å². The maximum atomic E-state index is 12.9. The number of rotatable bonds is 8. The molecule has 1 amide bonds. The predicted molar refractivity (Wildman–Crippen MR) is 169 cm³/mol. The molecule has 0 saturated carbocycles. The Morgan fingerprint density at radius 3 is 2.63 bits per heavy atom. The normalized spacial score (nSPS) is 16.2. The molecule has 13 heteroatoms. The van der Waals surface area contributed by atoms with Gasteiger partial charge in [0.1, 0.15) is 11.4 Å². The van der Waals surface area contributed by atoms with Crippen LogP contribution in [-0.2, 0) is 4.74 Å². The van der Waals surface area contributed by atoms with Crippen LogP contribution in [0, 0.1) is 6.92 Å². The number of ether oxygens (including phenoxy) is 2. The number of piperidine rings is 1. The van der Waals surface area contributed by atoms with Crippen molar-refractivity contribution in [3.63, 3.8) is 0 Å². The molecule has 3 N–H and O–H groups in total. The first-order chi connectivity index (χ1) is 21.8. The fourth-order valence-corrected chi connectivity index (χ4v) is 5.16. The maximum Gasteiger partial charge on any atom is 0.416 e. The van der Waals surface area contributed by atoms with Crippen molar-refractivity contribution in [1.29, 1.82) is 0 Å². The van der Waals surface area contributed by atoms with Gasteiger partial charge in [-0.25, -0.2) is 19.7 Å². The van der Waals surface area contributed by atoms with Gasteiger partial charge in [-0.15, -0.1) is 0 Å². The van der Waals surface area contributed by atoms with Gasteiger partial charge in [-0.2, -0.15) is 13.2 Å². The van der Waals surface area contributed by atoms with Gasteiger partial charge in [0.15, 0.2) is 6.10 Å². The third-order valence-corrected chi connectivity index (χ3v) is 7.38. The van der Waals surface area contributed by atoms with E-state index in [4.69, 9.17) is 14.5 Å². The smallest absolute Gasteiger partial charge is 0.416 e. The van der Waals surface area contributed by atoms with Crippen LogP contribution in [0.4, 0.5) is 29.6 Å². The summed E-state index contributed by atoms with van der Waals surface area (Å²) in [6.45, 7) is 7.76. The molecule has 1 aliphatic heterocycles. The van der Waals surface area contributed by atoms with Crippen molar-refractivity contribution in [3.8, 4) is 22.9 Å². The van der Waals surface area contributed by atoms with Crippen LogP contribution in [0.25, 0.3) is 22.0 Å². The third kappa shape index (κ3) is 7.94.